The van der Waals surface area contributed by atoms with Crippen LogP contribution in [0.25, 0.3) is 0 Å². The van der Waals surface area contributed by atoms with Gasteiger partial charge in [0.25, 0.3) is 0 Å². The molecule has 0 bridgehead atoms. The van der Waals surface area contributed by atoms with E-state index in [2.05, 4.69) is 31.4 Å². The Morgan fingerprint density at radius 1 is 0.962 bits per heavy atom. The second-order valence-electron chi connectivity index (χ2n) is 7.38. The van der Waals surface area contributed by atoms with Gasteiger partial charge in [-0.05, 0) is 41.7 Å². The maximum Gasteiger partial charge on any atom is 0.313 e. The summed E-state index contributed by atoms with van der Waals surface area (Å²) in [6, 6.07) is 16.3. The molecule has 5 heteroatoms. The molecule has 138 valence electrons. The van der Waals surface area contributed by atoms with Crippen molar-refractivity contribution in [3.8, 4) is 5.75 Å². The van der Waals surface area contributed by atoms with E-state index in [0.29, 0.717) is 11.4 Å². The fraction of sp³-hybridized carbons (Fsp3) is 0.333. The predicted octanol–water partition coefficient (Wildman–Crippen LogP) is 3.93. The van der Waals surface area contributed by atoms with Crippen molar-refractivity contribution in [3.05, 3.63) is 60.2 Å². The molecule has 0 heterocycles. The molecule has 2 N–H and O–H groups in total. The van der Waals surface area contributed by atoms with E-state index in [1.807, 2.05) is 30.3 Å². The fourth-order valence-electron chi connectivity index (χ4n) is 2.64. The van der Waals surface area contributed by atoms with Crippen molar-refractivity contribution in [2.75, 3.05) is 12.4 Å². The Morgan fingerprint density at radius 2 is 1.58 bits per heavy atom. The Kier molecular flexibility index (Phi) is 6.39. The van der Waals surface area contributed by atoms with Crippen LogP contribution < -0.4 is 15.4 Å². The minimum absolute atomic E-state index is 0.000246. The van der Waals surface area contributed by atoms with Gasteiger partial charge in [0.05, 0.1) is 13.2 Å². The van der Waals surface area contributed by atoms with Crippen LogP contribution in [0.3, 0.4) is 0 Å². The lowest BCUT2D eigenvalue weighted by molar-refractivity contribution is -0.136. The summed E-state index contributed by atoms with van der Waals surface area (Å²) in [6.45, 7) is 6.31. The molecule has 2 aromatic rings. The standard InChI is InChI=1S/C21H26N2O3/c1-21(2,3)14-18(15-8-6-5-7-9-15)23-20(25)19(24)22-16-10-12-17(26-4)13-11-16/h5-13,18H,14H2,1-4H3,(H,22,24)(H,23,25)/t18-/m1/s1. The molecule has 2 amide bonds. The van der Waals surface area contributed by atoms with Crippen LogP contribution in [0.5, 0.6) is 5.75 Å². The number of benzene rings is 2. The highest BCUT2D eigenvalue weighted by Gasteiger charge is 2.24. The van der Waals surface area contributed by atoms with Crippen LogP contribution in [-0.4, -0.2) is 18.9 Å². The molecule has 0 unspecified atom stereocenters. The lowest BCUT2D eigenvalue weighted by atomic mass is 9.85. The van der Waals surface area contributed by atoms with E-state index in [0.717, 1.165) is 12.0 Å². The highest BCUT2D eigenvalue weighted by Crippen LogP contribution is 2.29. The van der Waals surface area contributed by atoms with Gasteiger partial charge in [-0.2, -0.15) is 0 Å². The molecule has 0 saturated carbocycles. The van der Waals surface area contributed by atoms with Crippen molar-refractivity contribution in [3.63, 3.8) is 0 Å². The minimum atomic E-state index is -0.690. The smallest absolute Gasteiger partial charge is 0.313 e. The Labute approximate surface area is 154 Å². The second-order valence-corrected chi connectivity index (χ2v) is 7.38. The molecule has 26 heavy (non-hydrogen) atoms. The Balaban J connectivity index is 2.06. The van der Waals surface area contributed by atoms with Crippen LogP contribution in [0.4, 0.5) is 5.69 Å². The summed E-state index contributed by atoms with van der Waals surface area (Å²) in [5.74, 6) is -0.661. The number of methoxy groups -OCH3 is 1. The quantitative estimate of drug-likeness (QED) is 0.800. The molecule has 0 radical (unpaired) electrons. The average molecular weight is 354 g/mol. The van der Waals surface area contributed by atoms with Crippen molar-refractivity contribution < 1.29 is 14.3 Å². The van der Waals surface area contributed by atoms with Gasteiger partial charge in [-0.3, -0.25) is 9.59 Å². The third-order valence-corrected chi connectivity index (χ3v) is 3.88. The number of carbonyl (C=O) groups excluding carboxylic acids is 2. The first kappa shape index (κ1) is 19.5. The third kappa shape index (κ3) is 5.92. The zero-order valence-corrected chi connectivity index (χ0v) is 15.7. The molecule has 5 nitrogen and oxygen atoms in total. The van der Waals surface area contributed by atoms with Crippen LogP contribution in [0.2, 0.25) is 0 Å². The molecule has 0 aromatic heterocycles. The monoisotopic (exact) mass is 354 g/mol. The van der Waals surface area contributed by atoms with Crippen LogP contribution in [0.1, 0.15) is 38.8 Å². The fourth-order valence-corrected chi connectivity index (χ4v) is 2.64. The van der Waals surface area contributed by atoms with Gasteiger partial charge in [0.15, 0.2) is 0 Å². The zero-order chi connectivity index (χ0) is 19.2. The highest BCUT2D eigenvalue weighted by atomic mass is 16.5. The third-order valence-electron chi connectivity index (χ3n) is 3.88. The summed E-state index contributed by atoms with van der Waals surface area (Å²) in [4.78, 5) is 24.6. The van der Waals surface area contributed by atoms with E-state index < -0.39 is 11.8 Å². The molecule has 0 spiro atoms. The largest absolute Gasteiger partial charge is 0.497 e. The zero-order valence-electron chi connectivity index (χ0n) is 15.7. The maximum atomic E-state index is 12.4. The van der Waals surface area contributed by atoms with Crippen molar-refractivity contribution in [1.29, 1.82) is 0 Å². The van der Waals surface area contributed by atoms with Crippen molar-refractivity contribution in [2.24, 2.45) is 5.41 Å². The van der Waals surface area contributed by atoms with E-state index in [1.165, 1.54) is 0 Å². The molecule has 0 aliphatic rings. The van der Waals surface area contributed by atoms with E-state index in [-0.39, 0.29) is 11.5 Å². The van der Waals surface area contributed by atoms with Gasteiger partial charge < -0.3 is 15.4 Å². The molecule has 0 aliphatic heterocycles. The van der Waals surface area contributed by atoms with E-state index in [4.69, 9.17) is 4.74 Å². The highest BCUT2D eigenvalue weighted by molar-refractivity contribution is 6.39. The van der Waals surface area contributed by atoms with Gasteiger partial charge in [-0.25, -0.2) is 0 Å². The molecular formula is C21H26N2O3. The van der Waals surface area contributed by atoms with Crippen molar-refractivity contribution in [1.82, 2.24) is 5.32 Å². The van der Waals surface area contributed by atoms with Gasteiger partial charge in [-0.15, -0.1) is 0 Å². The van der Waals surface area contributed by atoms with E-state index in [1.54, 1.807) is 31.4 Å². The predicted molar refractivity (Wildman–Crippen MR) is 103 cm³/mol. The number of hydrogen-bond acceptors (Lipinski definition) is 3. The number of amides is 2. The molecule has 0 aliphatic carbocycles. The van der Waals surface area contributed by atoms with Crippen molar-refractivity contribution in [2.45, 2.75) is 33.2 Å². The van der Waals surface area contributed by atoms with Gasteiger partial charge in [0.1, 0.15) is 5.75 Å². The molecule has 0 saturated heterocycles. The number of rotatable bonds is 5. The summed E-state index contributed by atoms with van der Waals surface area (Å²) in [7, 11) is 1.57. The van der Waals surface area contributed by atoms with Crippen LogP contribution in [-0.2, 0) is 9.59 Å². The van der Waals surface area contributed by atoms with Crippen LogP contribution >= 0.6 is 0 Å². The molecular weight excluding hydrogens is 328 g/mol. The number of hydrogen-bond donors (Lipinski definition) is 2. The van der Waals surface area contributed by atoms with E-state index >= 15 is 0 Å². The lowest BCUT2D eigenvalue weighted by Gasteiger charge is -2.27. The number of ether oxygens (including phenoxy) is 1. The lowest BCUT2D eigenvalue weighted by Crippen LogP contribution is -2.39. The summed E-state index contributed by atoms with van der Waals surface area (Å²) in [6.07, 6.45) is 0.721. The Morgan fingerprint density at radius 3 is 2.12 bits per heavy atom. The first-order valence-electron chi connectivity index (χ1n) is 8.59. The first-order valence-corrected chi connectivity index (χ1v) is 8.59. The van der Waals surface area contributed by atoms with Crippen LogP contribution in [0, 0.1) is 5.41 Å². The summed E-state index contributed by atoms with van der Waals surface area (Å²) in [5.41, 5.74) is 1.52. The topological polar surface area (TPSA) is 67.4 Å². The normalized spacial score (nSPS) is 12.2. The minimum Gasteiger partial charge on any atom is -0.497 e. The summed E-state index contributed by atoms with van der Waals surface area (Å²) < 4.78 is 5.08. The van der Waals surface area contributed by atoms with Gasteiger partial charge in [0.2, 0.25) is 0 Å². The molecule has 2 aromatic carbocycles. The number of anilines is 1. The summed E-state index contributed by atoms with van der Waals surface area (Å²) in [5, 5.41) is 5.46. The first-order chi connectivity index (χ1) is 12.3. The van der Waals surface area contributed by atoms with Gasteiger partial charge in [0, 0.05) is 5.69 Å². The maximum absolute atomic E-state index is 12.4. The molecule has 2 rings (SSSR count). The Hall–Kier alpha value is -2.82. The number of carbonyl (C=O) groups is 2. The van der Waals surface area contributed by atoms with Gasteiger partial charge >= 0.3 is 11.8 Å². The number of nitrogens with one attached hydrogen (secondary N) is 2. The molecule has 1 atom stereocenters. The van der Waals surface area contributed by atoms with Crippen molar-refractivity contribution >= 4 is 17.5 Å². The average Bonchev–Trinajstić information content (AvgIpc) is 2.61. The SMILES string of the molecule is COc1ccc(NC(=O)C(=O)N[C@H](CC(C)(C)C)c2ccccc2)cc1. The Bertz CT molecular complexity index is 734. The van der Waals surface area contributed by atoms with Gasteiger partial charge in [-0.1, -0.05) is 51.1 Å². The second kappa shape index (κ2) is 8.52. The molecule has 0 fully saturated rings. The van der Waals surface area contributed by atoms with E-state index in [9.17, 15) is 9.59 Å². The summed E-state index contributed by atoms with van der Waals surface area (Å²) >= 11 is 0. The van der Waals surface area contributed by atoms with Crippen LogP contribution in [0.15, 0.2) is 54.6 Å².